The third-order valence-electron chi connectivity index (χ3n) is 5.02. The molecule has 0 aromatic heterocycles. The maximum Gasteiger partial charge on any atom is 0.237 e. The summed E-state index contributed by atoms with van der Waals surface area (Å²) in [7, 11) is 0. The Hall–Kier alpha value is -1.39. The minimum atomic E-state index is 0.251. The van der Waals surface area contributed by atoms with Crippen LogP contribution in [-0.2, 0) is 17.8 Å². The second-order valence-corrected chi connectivity index (χ2v) is 6.47. The summed E-state index contributed by atoms with van der Waals surface area (Å²) in [6.07, 6.45) is 5.15. The molecule has 4 nitrogen and oxygen atoms in total. The van der Waals surface area contributed by atoms with E-state index < -0.39 is 0 Å². The Bertz CT molecular complexity index is 518. The van der Waals surface area contributed by atoms with Crippen molar-refractivity contribution in [2.75, 3.05) is 26.2 Å². The van der Waals surface area contributed by atoms with Gasteiger partial charge in [0, 0.05) is 25.7 Å². The Balaban J connectivity index is 1.56. The van der Waals surface area contributed by atoms with Crippen molar-refractivity contribution in [2.24, 2.45) is 0 Å². The highest BCUT2D eigenvalue weighted by molar-refractivity contribution is 5.78. The topological polar surface area (TPSA) is 43.8 Å². The van der Waals surface area contributed by atoms with Crippen LogP contribution >= 0.6 is 0 Å². The molecule has 1 amide bonds. The van der Waals surface area contributed by atoms with E-state index in [1.54, 1.807) is 0 Å². The quantitative estimate of drug-likeness (QED) is 0.902. The van der Waals surface area contributed by atoms with Gasteiger partial charge >= 0.3 is 0 Å². The van der Waals surface area contributed by atoms with E-state index in [1.807, 2.05) is 4.90 Å². The Morgan fingerprint density at radius 1 is 1.23 bits per heavy atom. The number of benzene rings is 1. The average Bonchev–Trinajstić information content (AvgIpc) is 2.99. The highest BCUT2D eigenvalue weighted by atomic mass is 16.3. The van der Waals surface area contributed by atoms with Gasteiger partial charge in [0.05, 0.1) is 6.54 Å². The van der Waals surface area contributed by atoms with E-state index in [1.165, 1.54) is 17.5 Å². The van der Waals surface area contributed by atoms with Gasteiger partial charge in [-0.2, -0.15) is 0 Å². The van der Waals surface area contributed by atoms with Gasteiger partial charge in [0.2, 0.25) is 5.91 Å². The molecule has 1 fully saturated rings. The SMILES string of the molecule is O=C(CN1CCCC1CCCO)N1CCc2ccccc2C1. The van der Waals surface area contributed by atoms with E-state index >= 15 is 0 Å². The van der Waals surface area contributed by atoms with Gasteiger partial charge in [0.15, 0.2) is 0 Å². The summed E-state index contributed by atoms with van der Waals surface area (Å²) in [5.74, 6) is 0.255. The highest BCUT2D eigenvalue weighted by Gasteiger charge is 2.28. The molecule has 1 aromatic rings. The number of hydrogen-bond acceptors (Lipinski definition) is 3. The highest BCUT2D eigenvalue weighted by Crippen LogP contribution is 2.23. The number of hydrogen-bond donors (Lipinski definition) is 1. The molecule has 0 aliphatic carbocycles. The van der Waals surface area contributed by atoms with Crippen molar-refractivity contribution in [3.63, 3.8) is 0 Å². The monoisotopic (exact) mass is 302 g/mol. The average molecular weight is 302 g/mol. The molecule has 2 aliphatic rings. The van der Waals surface area contributed by atoms with Gasteiger partial charge in [-0.15, -0.1) is 0 Å². The molecule has 1 aromatic carbocycles. The maximum absolute atomic E-state index is 12.6. The van der Waals surface area contributed by atoms with Crippen molar-refractivity contribution in [1.82, 2.24) is 9.80 Å². The van der Waals surface area contributed by atoms with E-state index in [2.05, 4.69) is 29.2 Å². The zero-order valence-corrected chi connectivity index (χ0v) is 13.2. The van der Waals surface area contributed by atoms with Crippen molar-refractivity contribution in [1.29, 1.82) is 0 Å². The van der Waals surface area contributed by atoms with Crippen LogP contribution in [0.2, 0.25) is 0 Å². The Morgan fingerprint density at radius 2 is 2.05 bits per heavy atom. The van der Waals surface area contributed by atoms with Crippen molar-refractivity contribution in [2.45, 2.75) is 44.7 Å². The molecule has 3 rings (SSSR count). The molecular weight excluding hydrogens is 276 g/mol. The van der Waals surface area contributed by atoms with Crippen LogP contribution in [-0.4, -0.2) is 53.1 Å². The number of carbonyl (C=O) groups excluding carboxylic acids is 1. The summed E-state index contributed by atoms with van der Waals surface area (Å²) in [4.78, 5) is 16.9. The first-order valence-electron chi connectivity index (χ1n) is 8.47. The molecule has 0 spiro atoms. The van der Waals surface area contributed by atoms with Crippen LogP contribution in [0.4, 0.5) is 0 Å². The standard InChI is InChI=1S/C18H26N2O2/c21-12-4-8-17-7-3-10-19(17)14-18(22)20-11-9-15-5-1-2-6-16(15)13-20/h1-2,5-6,17,21H,3-4,7-14H2. The number of nitrogens with zero attached hydrogens (tertiary/aromatic N) is 2. The largest absolute Gasteiger partial charge is 0.396 e. The predicted molar refractivity (Wildman–Crippen MR) is 86.5 cm³/mol. The van der Waals surface area contributed by atoms with Crippen LogP contribution in [0.5, 0.6) is 0 Å². The van der Waals surface area contributed by atoms with Crippen LogP contribution in [0.15, 0.2) is 24.3 Å². The molecule has 1 unspecified atom stereocenters. The molecule has 4 heteroatoms. The second kappa shape index (κ2) is 7.25. The van der Waals surface area contributed by atoms with Crippen molar-refractivity contribution < 1.29 is 9.90 Å². The Kier molecular flexibility index (Phi) is 5.11. The summed E-state index contributed by atoms with van der Waals surface area (Å²) < 4.78 is 0. The molecule has 1 saturated heterocycles. The molecular formula is C18H26N2O2. The van der Waals surface area contributed by atoms with E-state index in [0.29, 0.717) is 12.6 Å². The summed E-state index contributed by atoms with van der Waals surface area (Å²) in [6, 6.07) is 8.91. The fourth-order valence-electron chi connectivity index (χ4n) is 3.74. The van der Waals surface area contributed by atoms with Crippen molar-refractivity contribution in [3.05, 3.63) is 35.4 Å². The Morgan fingerprint density at radius 3 is 2.86 bits per heavy atom. The molecule has 0 saturated carbocycles. The number of rotatable bonds is 5. The minimum absolute atomic E-state index is 0.251. The van der Waals surface area contributed by atoms with Crippen molar-refractivity contribution in [3.8, 4) is 0 Å². The van der Waals surface area contributed by atoms with Crippen LogP contribution in [0.3, 0.4) is 0 Å². The second-order valence-electron chi connectivity index (χ2n) is 6.47. The third-order valence-corrected chi connectivity index (χ3v) is 5.02. The molecule has 2 aliphatic heterocycles. The Labute approximate surface area is 132 Å². The lowest BCUT2D eigenvalue weighted by atomic mass is 10.00. The molecule has 1 N–H and O–H groups in total. The maximum atomic E-state index is 12.6. The van der Waals surface area contributed by atoms with Gasteiger partial charge in [-0.1, -0.05) is 24.3 Å². The summed E-state index contributed by atoms with van der Waals surface area (Å²) in [6.45, 7) is 3.40. The lowest BCUT2D eigenvalue weighted by molar-refractivity contribution is -0.133. The zero-order valence-electron chi connectivity index (χ0n) is 13.2. The number of fused-ring (bicyclic) bond motifs is 1. The lowest BCUT2D eigenvalue weighted by Crippen LogP contribution is -2.44. The lowest BCUT2D eigenvalue weighted by Gasteiger charge is -2.32. The first-order chi connectivity index (χ1) is 10.8. The molecule has 120 valence electrons. The fraction of sp³-hybridized carbons (Fsp3) is 0.611. The number of likely N-dealkylation sites (tertiary alicyclic amines) is 1. The van der Waals surface area contributed by atoms with Gasteiger partial charge in [0.25, 0.3) is 0 Å². The van der Waals surface area contributed by atoms with Gasteiger partial charge in [-0.25, -0.2) is 0 Å². The summed E-state index contributed by atoms with van der Waals surface area (Å²) in [5, 5.41) is 9.00. The van der Waals surface area contributed by atoms with Crippen LogP contribution in [0.25, 0.3) is 0 Å². The van der Waals surface area contributed by atoms with Crippen molar-refractivity contribution >= 4 is 5.91 Å². The minimum Gasteiger partial charge on any atom is -0.396 e. The molecule has 1 atom stereocenters. The van der Waals surface area contributed by atoms with E-state index in [9.17, 15) is 4.79 Å². The number of carbonyl (C=O) groups is 1. The molecule has 0 bridgehead atoms. The normalized spacial score (nSPS) is 21.9. The third kappa shape index (κ3) is 3.50. The summed E-state index contributed by atoms with van der Waals surface area (Å²) >= 11 is 0. The van der Waals surface area contributed by atoms with E-state index in [4.69, 9.17) is 5.11 Å². The molecule has 22 heavy (non-hydrogen) atoms. The van der Waals surface area contributed by atoms with Crippen LogP contribution in [0, 0.1) is 0 Å². The smallest absolute Gasteiger partial charge is 0.237 e. The van der Waals surface area contributed by atoms with Gasteiger partial charge in [-0.3, -0.25) is 9.69 Å². The predicted octanol–water partition coefficient (Wildman–Crippen LogP) is 1.81. The van der Waals surface area contributed by atoms with Gasteiger partial charge in [-0.05, 0) is 49.8 Å². The number of amides is 1. The molecule has 0 radical (unpaired) electrons. The van der Waals surface area contributed by atoms with Gasteiger partial charge in [0.1, 0.15) is 0 Å². The van der Waals surface area contributed by atoms with E-state index in [0.717, 1.165) is 45.3 Å². The first-order valence-corrected chi connectivity index (χ1v) is 8.47. The van der Waals surface area contributed by atoms with Gasteiger partial charge < -0.3 is 10.0 Å². The first kappa shape index (κ1) is 15.5. The van der Waals surface area contributed by atoms with Crippen LogP contribution in [0.1, 0.15) is 36.8 Å². The fourth-order valence-corrected chi connectivity index (χ4v) is 3.74. The zero-order chi connectivity index (χ0) is 15.4. The molecule has 2 heterocycles. The van der Waals surface area contributed by atoms with Crippen LogP contribution < -0.4 is 0 Å². The number of aliphatic hydroxyl groups is 1. The van der Waals surface area contributed by atoms with E-state index in [-0.39, 0.29) is 12.5 Å². The number of aliphatic hydroxyl groups excluding tert-OH is 1. The summed E-state index contributed by atoms with van der Waals surface area (Å²) in [5.41, 5.74) is 2.67.